The quantitative estimate of drug-likeness (QED) is 0.689. The number of benzene rings is 1. The minimum Gasteiger partial charge on any atom is -0.392 e. The number of urea groups is 1. The zero-order valence-corrected chi connectivity index (χ0v) is 10.9. The number of nitrogens with zero attached hydrogens (tertiary/aromatic N) is 1. The first kappa shape index (κ1) is 12.7. The molecule has 0 unspecified atom stereocenters. The third-order valence-corrected chi connectivity index (χ3v) is 3.30. The standard InChI is InChI=1S/C14H16N4O2/c19-8-9-1-5-11(6-2-9)16-14(20)17-12-7-15-18-13(12)10-3-4-10/h1-2,5-7,10,19H,3-4,8H2,(H,15,18)(H2,16,17,20). The first-order chi connectivity index (χ1) is 9.76. The van der Waals surface area contributed by atoms with Crippen LogP contribution in [0.3, 0.4) is 0 Å². The molecule has 0 radical (unpaired) electrons. The average molecular weight is 272 g/mol. The van der Waals surface area contributed by atoms with E-state index in [0.29, 0.717) is 11.6 Å². The molecular formula is C14H16N4O2. The Morgan fingerprint density at radius 2 is 2.05 bits per heavy atom. The van der Waals surface area contributed by atoms with Crippen LogP contribution in [0.4, 0.5) is 16.2 Å². The van der Waals surface area contributed by atoms with Gasteiger partial charge in [-0.3, -0.25) is 5.10 Å². The lowest BCUT2D eigenvalue weighted by Gasteiger charge is -2.08. The van der Waals surface area contributed by atoms with E-state index < -0.39 is 0 Å². The molecule has 0 saturated heterocycles. The molecule has 1 fully saturated rings. The predicted octanol–water partition coefficient (Wildman–Crippen LogP) is 2.42. The van der Waals surface area contributed by atoms with E-state index in [9.17, 15) is 4.79 Å². The molecule has 4 N–H and O–H groups in total. The number of aromatic amines is 1. The molecule has 2 aromatic rings. The van der Waals surface area contributed by atoms with Gasteiger partial charge in [0, 0.05) is 11.6 Å². The zero-order valence-electron chi connectivity index (χ0n) is 10.9. The average Bonchev–Trinajstić information content (AvgIpc) is 3.20. The van der Waals surface area contributed by atoms with Gasteiger partial charge in [0.15, 0.2) is 0 Å². The number of aromatic nitrogens is 2. The molecule has 20 heavy (non-hydrogen) atoms. The number of carbonyl (C=O) groups is 1. The normalized spacial score (nSPS) is 14.1. The number of H-pyrrole nitrogens is 1. The van der Waals surface area contributed by atoms with E-state index in [-0.39, 0.29) is 12.6 Å². The van der Waals surface area contributed by atoms with Crippen molar-refractivity contribution in [1.82, 2.24) is 10.2 Å². The molecule has 2 amide bonds. The van der Waals surface area contributed by atoms with Gasteiger partial charge in [-0.25, -0.2) is 4.79 Å². The van der Waals surface area contributed by atoms with Gasteiger partial charge >= 0.3 is 6.03 Å². The lowest BCUT2D eigenvalue weighted by Crippen LogP contribution is -2.19. The van der Waals surface area contributed by atoms with Crippen LogP contribution in [0.1, 0.15) is 30.0 Å². The van der Waals surface area contributed by atoms with E-state index in [1.165, 1.54) is 0 Å². The summed E-state index contributed by atoms with van der Waals surface area (Å²) in [5.74, 6) is 0.497. The second-order valence-corrected chi connectivity index (χ2v) is 4.91. The van der Waals surface area contributed by atoms with Gasteiger partial charge < -0.3 is 15.7 Å². The highest BCUT2D eigenvalue weighted by Gasteiger charge is 2.28. The topological polar surface area (TPSA) is 90.0 Å². The van der Waals surface area contributed by atoms with Crippen molar-refractivity contribution in [3.63, 3.8) is 0 Å². The molecule has 3 rings (SSSR count). The van der Waals surface area contributed by atoms with E-state index in [4.69, 9.17) is 5.11 Å². The SMILES string of the molecule is O=C(Nc1ccc(CO)cc1)Nc1cn[nH]c1C1CC1. The Hall–Kier alpha value is -2.34. The molecule has 1 aromatic heterocycles. The summed E-state index contributed by atoms with van der Waals surface area (Å²) >= 11 is 0. The van der Waals surface area contributed by atoms with Crippen LogP contribution in [-0.4, -0.2) is 21.3 Å². The third kappa shape index (κ3) is 2.80. The molecule has 1 heterocycles. The summed E-state index contributed by atoms with van der Waals surface area (Å²) in [5, 5.41) is 21.4. The van der Waals surface area contributed by atoms with Crippen molar-refractivity contribution >= 4 is 17.4 Å². The van der Waals surface area contributed by atoms with Crippen molar-refractivity contribution in [3.05, 3.63) is 41.7 Å². The van der Waals surface area contributed by atoms with Crippen molar-refractivity contribution < 1.29 is 9.90 Å². The summed E-state index contributed by atoms with van der Waals surface area (Å²) in [7, 11) is 0. The van der Waals surface area contributed by atoms with E-state index in [2.05, 4.69) is 20.8 Å². The highest BCUT2D eigenvalue weighted by molar-refractivity contribution is 6.00. The van der Waals surface area contributed by atoms with Gasteiger partial charge in [0.25, 0.3) is 0 Å². The molecule has 1 aromatic carbocycles. The van der Waals surface area contributed by atoms with Crippen molar-refractivity contribution in [3.8, 4) is 0 Å². The van der Waals surface area contributed by atoms with Crippen LogP contribution in [0.25, 0.3) is 0 Å². The van der Waals surface area contributed by atoms with E-state index in [0.717, 1.165) is 29.8 Å². The van der Waals surface area contributed by atoms with Crippen LogP contribution in [0.2, 0.25) is 0 Å². The molecule has 0 spiro atoms. The number of hydrogen-bond donors (Lipinski definition) is 4. The molecule has 1 aliphatic rings. The number of aliphatic hydroxyl groups excluding tert-OH is 1. The lowest BCUT2D eigenvalue weighted by atomic mass is 10.2. The minimum absolute atomic E-state index is 0.00769. The number of rotatable bonds is 4. The number of amides is 2. The molecule has 0 aliphatic heterocycles. The summed E-state index contributed by atoms with van der Waals surface area (Å²) in [4.78, 5) is 11.9. The van der Waals surface area contributed by atoms with Crippen molar-refractivity contribution in [1.29, 1.82) is 0 Å². The third-order valence-electron chi connectivity index (χ3n) is 3.30. The maximum Gasteiger partial charge on any atom is 0.323 e. The molecule has 1 saturated carbocycles. The van der Waals surface area contributed by atoms with Crippen LogP contribution < -0.4 is 10.6 Å². The Balaban J connectivity index is 1.62. The van der Waals surface area contributed by atoms with Crippen LogP contribution in [0, 0.1) is 0 Å². The Bertz CT molecular complexity index is 602. The van der Waals surface area contributed by atoms with Gasteiger partial charge in [-0.15, -0.1) is 0 Å². The summed E-state index contributed by atoms with van der Waals surface area (Å²) in [5.41, 5.74) is 3.21. The molecular weight excluding hydrogens is 256 g/mol. The predicted molar refractivity (Wildman–Crippen MR) is 75.6 cm³/mol. The lowest BCUT2D eigenvalue weighted by molar-refractivity contribution is 0.262. The Kier molecular flexibility index (Phi) is 3.39. The minimum atomic E-state index is -0.301. The monoisotopic (exact) mass is 272 g/mol. The largest absolute Gasteiger partial charge is 0.392 e. The highest BCUT2D eigenvalue weighted by Crippen LogP contribution is 2.42. The van der Waals surface area contributed by atoms with Gasteiger partial charge in [0.05, 0.1) is 24.2 Å². The fourth-order valence-electron chi connectivity index (χ4n) is 2.06. The first-order valence-electron chi connectivity index (χ1n) is 6.57. The van der Waals surface area contributed by atoms with Gasteiger partial charge in [-0.05, 0) is 30.5 Å². The fraction of sp³-hybridized carbons (Fsp3) is 0.286. The summed E-state index contributed by atoms with van der Waals surface area (Å²) in [6.45, 7) is -0.00769. The van der Waals surface area contributed by atoms with Crippen LogP contribution in [-0.2, 0) is 6.61 Å². The molecule has 1 aliphatic carbocycles. The Morgan fingerprint density at radius 3 is 2.70 bits per heavy atom. The molecule has 0 bridgehead atoms. The molecule has 6 heteroatoms. The Labute approximate surface area is 116 Å². The van der Waals surface area contributed by atoms with E-state index in [1.807, 2.05) is 0 Å². The first-order valence-corrected chi connectivity index (χ1v) is 6.57. The number of nitrogens with one attached hydrogen (secondary N) is 3. The van der Waals surface area contributed by atoms with Gasteiger partial charge in [0.2, 0.25) is 0 Å². The molecule has 6 nitrogen and oxygen atoms in total. The van der Waals surface area contributed by atoms with E-state index >= 15 is 0 Å². The second-order valence-electron chi connectivity index (χ2n) is 4.91. The number of carbonyl (C=O) groups excluding carboxylic acids is 1. The maximum absolute atomic E-state index is 11.9. The zero-order chi connectivity index (χ0) is 13.9. The summed E-state index contributed by atoms with van der Waals surface area (Å²) in [6.07, 6.45) is 3.91. The van der Waals surface area contributed by atoms with Crippen LogP contribution in [0.15, 0.2) is 30.5 Å². The summed E-state index contributed by atoms with van der Waals surface area (Å²) < 4.78 is 0. The smallest absolute Gasteiger partial charge is 0.323 e. The van der Waals surface area contributed by atoms with Crippen molar-refractivity contribution in [2.75, 3.05) is 10.6 Å². The van der Waals surface area contributed by atoms with Crippen LogP contribution in [0.5, 0.6) is 0 Å². The van der Waals surface area contributed by atoms with Crippen LogP contribution >= 0.6 is 0 Å². The number of anilines is 2. The van der Waals surface area contributed by atoms with Gasteiger partial charge in [-0.1, -0.05) is 12.1 Å². The summed E-state index contributed by atoms with van der Waals surface area (Å²) in [6, 6.07) is 6.74. The molecule has 0 atom stereocenters. The number of hydrogen-bond acceptors (Lipinski definition) is 3. The Morgan fingerprint density at radius 1 is 1.30 bits per heavy atom. The number of aliphatic hydroxyl groups is 1. The highest BCUT2D eigenvalue weighted by atomic mass is 16.3. The van der Waals surface area contributed by atoms with Gasteiger partial charge in [-0.2, -0.15) is 5.10 Å². The van der Waals surface area contributed by atoms with Crippen molar-refractivity contribution in [2.24, 2.45) is 0 Å². The second kappa shape index (κ2) is 5.34. The van der Waals surface area contributed by atoms with Gasteiger partial charge in [0.1, 0.15) is 0 Å². The van der Waals surface area contributed by atoms with E-state index in [1.54, 1.807) is 30.5 Å². The van der Waals surface area contributed by atoms with Crippen molar-refractivity contribution in [2.45, 2.75) is 25.4 Å². The molecule has 104 valence electrons. The fourth-order valence-corrected chi connectivity index (χ4v) is 2.06. The maximum atomic E-state index is 11.9.